The predicted molar refractivity (Wildman–Crippen MR) is 86.6 cm³/mol. The van der Waals surface area contributed by atoms with Crippen molar-refractivity contribution in [2.24, 2.45) is 0 Å². The van der Waals surface area contributed by atoms with E-state index in [9.17, 15) is 15.0 Å². The van der Waals surface area contributed by atoms with Gasteiger partial charge < -0.3 is 10.2 Å². The first-order valence-electron chi connectivity index (χ1n) is 7.42. The number of hydrogen-bond donors (Lipinski definition) is 3. The molecule has 0 aliphatic carbocycles. The fourth-order valence-electron chi connectivity index (χ4n) is 2.73. The zero-order valence-corrected chi connectivity index (χ0v) is 12.5. The number of phenols is 2. The maximum Gasteiger partial charge on any atom is 0.363 e. The van der Waals surface area contributed by atoms with Gasteiger partial charge in [0.2, 0.25) is 6.04 Å². The van der Waals surface area contributed by atoms with Gasteiger partial charge in [0.15, 0.2) is 0 Å². The Hall–Kier alpha value is -3.41. The summed E-state index contributed by atoms with van der Waals surface area (Å²) in [5.41, 5.74) is 2.22. The van der Waals surface area contributed by atoms with E-state index in [-0.39, 0.29) is 17.4 Å². The van der Waals surface area contributed by atoms with Crippen LogP contribution in [-0.2, 0) is 0 Å². The molecule has 0 radical (unpaired) electrons. The van der Waals surface area contributed by atoms with Gasteiger partial charge in [-0.3, -0.25) is 5.32 Å². The molecule has 1 atom stereocenters. The SMILES string of the molecule is O=C1C(c2ccc(O)cc2)Nc2cnc(-c3ccc(O)cc3)c[n+]21. The van der Waals surface area contributed by atoms with E-state index < -0.39 is 6.04 Å². The van der Waals surface area contributed by atoms with Crippen molar-refractivity contribution in [3.63, 3.8) is 0 Å². The van der Waals surface area contributed by atoms with Crippen molar-refractivity contribution in [2.75, 3.05) is 5.32 Å². The summed E-state index contributed by atoms with van der Waals surface area (Å²) in [5.74, 6) is 0.835. The van der Waals surface area contributed by atoms with Crippen LogP contribution in [0.15, 0.2) is 60.9 Å². The molecule has 1 unspecified atom stereocenters. The Morgan fingerprint density at radius 2 is 1.58 bits per heavy atom. The molecule has 2 aromatic carbocycles. The molecule has 6 nitrogen and oxygen atoms in total. The van der Waals surface area contributed by atoms with Crippen molar-refractivity contribution in [1.29, 1.82) is 0 Å². The van der Waals surface area contributed by atoms with Crippen molar-refractivity contribution < 1.29 is 19.6 Å². The standard InChI is InChI=1S/C18H13N3O3/c22-13-5-1-11(2-6-13)15-10-21-16(9-19-15)20-17(18(21)24)12-3-7-14(23)8-4-12/h1-10,17,22-23H/p+1. The molecule has 0 spiro atoms. The quantitative estimate of drug-likeness (QED) is 0.631. The van der Waals surface area contributed by atoms with Gasteiger partial charge in [-0.25, -0.2) is 9.78 Å². The van der Waals surface area contributed by atoms with E-state index in [0.717, 1.165) is 11.1 Å². The topological polar surface area (TPSA) is 86.3 Å². The molecule has 24 heavy (non-hydrogen) atoms. The number of carbonyl (C=O) groups excluding carboxylic acids is 1. The van der Waals surface area contributed by atoms with Gasteiger partial charge in [-0.2, -0.15) is 4.57 Å². The molecule has 3 aromatic rings. The number of aromatic hydroxyl groups is 2. The smallest absolute Gasteiger partial charge is 0.363 e. The number of aromatic nitrogens is 2. The van der Waals surface area contributed by atoms with Gasteiger partial charge in [0.25, 0.3) is 0 Å². The third-order valence-corrected chi connectivity index (χ3v) is 4.00. The van der Waals surface area contributed by atoms with Gasteiger partial charge in [-0.05, 0) is 36.4 Å². The number of nitrogens with zero attached hydrogens (tertiary/aromatic N) is 2. The third kappa shape index (κ3) is 2.34. The Bertz CT molecular complexity index is 921. The fourth-order valence-corrected chi connectivity index (χ4v) is 2.73. The van der Waals surface area contributed by atoms with Crippen LogP contribution >= 0.6 is 0 Å². The summed E-state index contributed by atoms with van der Waals surface area (Å²) < 4.78 is 1.53. The molecule has 0 saturated heterocycles. The van der Waals surface area contributed by atoms with Crippen LogP contribution in [0.5, 0.6) is 11.5 Å². The summed E-state index contributed by atoms with van der Waals surface area (Å²) in [6, 6.07) is 12.7. The Kier molecular flexibility index (Phi) is 3.16. The monoisotopic (exact) mass is 320 g/mol. The molecule has 2 heterocycles. The van der Waals surface area contributed by atoms with E-state index in [1.807, 2.05) is 0 Å². The summed E-state index contributed by atoms with van der Waals surface area (Å²) in [4.78, 5) is 17.1. The van der Waals surface area contributed by atoms with E-state index in [0.29, 0.717) is 11.5 Å². The number of phenolic OH excluding ortho intramolecular Hbond substituents is 2. The van der Waals surface area contributed by atoms with Gasteiger partial charge in [0.05, 0.1) is 0 Å². The summed E-state index contributed by atoms with van der Waals surface area (Å²) in [6.07, 6.45) is 3.29. The Labute approximate surface area is 137 Å². The highest BCUT2D eigenvalue weighted by atomic mass is 16.3. The molecule has 4 rings (SSSR count). The minimum atomic E-state index is -0.512. The van der Waals surface area contributed by atoms with Crippen molar-refractivity contribution in [3.05, 3.63) is 66.5 Å². The second-order valence-electron chi connectivity index (χ2n) is 5.58. The van der Waals surface area contributed by atoms with E-state index >= 15 is 0 Å². The maximum absolute atomic E-state index is 12.7. The lowest BCUT2D eigenvalue weighted by atomic mass is 10.1. The molecular weight excluding hydrogens is 306 g/mol. The molecule has 1 aliphatic heterocycles. The van der Waals surface area contributed by atoms with Crippen LogP contribution in [-0.4, -0.2) is 21.1 Å². The van der Waals surface area contributed by atoms with Crippen LogP contribution in [0.25, 0.3) is 11.3 Å². The average molecular weight is 320 g/mol. The van der Waals surface area contributed by atoms with Crippen molar-refractivity contribution in [3.8, 4) is 22.8 Å². The first kappa shape index (κ1) is 14.2. The second kappa shape index (κ2) is 5.34. The molecule has 0 fully saturated rings. The number of hydrogen-bond acceptors (Lipinski definition) is 5. The van der Waals surface area contributed by atoms with Gasteiger partial charge in [0.1, 0.15) is 29.6 Å². The van der Waals surface area contributed by atoms with Crippen molar-refractivity contribution in [2.45, 2.75) is 6.04 Å². The number of nitrogens with one attached hydrogen (secondary N) is 1. The number of benzene rings is 2. The zero-order chi connectivity index (χ0) is 16.7. The lowest BCUT2D eigenvalue weighted by molar-refractivity contribution is -0.552. The van der Waals surface area contributed by atoms with Crippen molar-refractivity contribution >= 4 is 11.7 Å². The summed E-state index contributed by atoms with van der Waals surface area (Å²) in [5, 5.41) is 21.9. The lowest BCUT2D eigenvalue weighted by Crippen LogP contribution is -2.40. The van der Waals surface area contributed by atoms with E-state index in [4.69, 9.17) is 0 Å². The first-order chi connectivity index (χ1) is 11.6. The zero-order valence-electron chi connectivity index (χ0n) is 12.5. The van der Waals surface area contributed by atoms with Crippen molar-refractivity contribution in [1.82, 2.24) is 4.98 Å². The van der Waals surface area contributed by atoms with Crippen LogP contribution in [0.2, 0.25) is 0 Å². The van der Waals surface area contributed by atoms with E-state index in [2.05, 4.69) is 10.3 Å². The van der Waals surface area contributed by atoms with Crippen LogP contribution in [0, 0.1) is 0 Å². The highest BCUT2D eigenvalue weighted by Crippen LogP contribution is 2.26. The van der Waals surface area contributed by atoms with Crippen LogP contribution in [0.1, 0.15) is 16.4 Å². The maximum atomic E-state index is 12.7. The second-order valence-corrected chi connectivity index (χ2v) is 5.58. The molecule has 118 valence electrons. The first-order valence-corrected chi connectivity index (χ1v) is 7.42. The largest absolute Gasteiger partial charge is 0.508 e. The Morgan fingerprint density at radius 1 is 0.958 bits per heavy atom. The molecule has 6 heteroatoms. The van der Waals surface area contributed by atoms with Crippen LogP contribution in [0.3, 0.4) is 0 Å². The number of fused-ring (bicyclic) bond motifs is 1. The Balaban J connectivity index is 1.69. The molecule has 0 amide bonds. The summed E-state index contributed by atoms with van der Waals surface area (Å²) in [6.45, 7) is 0. The lowest BCUT2D eigenvalue weighted by Gasteiger charge is -2.03. The van der Waals surface area contributed by atoms with Gasteiger partial charge in [-0.1, -0.05) is 12.1 Å². The van der Waals surface area contributed by atoms with Crippen LogP contribution < -0.4 is 9.88 Å². The van der Waals surface area contributed by atoms with Gasteiger partial charge in [-0.15, -0.1) is 0 Å². The van der Waals surface area contributed by atoms with Crippen LogP contribution in [0.4, 0.5) is 5.82 Å². The van der Waals surface area contributed by atoms with Gasteiger partial charge >= 0.3 is 11.7 Å². The molecular formula is C18H14N3O3+. The number of anilines is 1. The molecule has 0 bridgehead atoms. The third-order valence-electron chi connectivity index (χ3n) is 4.00. The highest BCUT2D eigenvalue weighted by molar-refractivity contribution is 5.83. The number of rotatable bonds is 2. The number of carbonyl (C=O) groups is 1. The average Bonchev–Trinajstić information content (AvgIpc) is 2.93. The predicted octanol–water partition coefficient (Wildman–Crippen LogP) is 2.25. The fraction of sp³-hybridized carbons (Fsp3) is 0.0556. The normalized spacial score (nSPS) is 15.8. The Morgan fingerprint density at radius 3 is 2.25 bits per heavy atom. The van der Waals surface area contributed by atoms with E-state index in [1.54, 1.807) is 60.9 Å². The van der Waals surface area contributed by atoms with Gasteiger partial charge in [0, 0.05) is 11.1 Å². The minimum absolute atomic E-state index is 0.113. The molecule has 0 saturated carbocycles. The summed E-state index contributed by atoms with van der Waals surface area (Å²) in [7, 11) is 0. The molecule has 3 N–H and O–H groups in total. The molecule has 1 aliphatic rings. The van der Waals surface area contributed by atoms with E-state index in [1.165, 1.54) is 4.57 Å². The summed E-state index contributed by atoms with van der Waals surface area (Å²) >= 11 is 0. The molecule has 1 aromatic heterocycles. The minimum Gasteiger partial charge on any atom is -0.508 e. The highest BCUT2D eigenvalue weighted by Gasteiger charge is 2.39.